The Hall–Kier alpha value is -1.46. The number of aliphatic hydroxyl groups excluding tert-OH is 1. The minimum atomic E-state index is -0.302. The van der Waals surface area contributed by atoms with Gasteiger partial charge in [-0.2, -0.15) is 0 Å². The summed E-state index contributed by atoms with van der Waals surface area (Å²) in [5.41, 5.74) is 2.40. The van der Waals surface area contributed by atoms with Crippen LogP contribution in [0.2, 0.25) is 0 Å². The summed E-state index contributed by atoms with van der Waals surface area (Å²) in [6, 6.07) is 4.36. The summed E-state index contributed by atoms with van der Waals surface area (Å²) < 4.78 is 0. The van der Waals surface area contributed by atoms with E-state index in [1.807, 2.05) is 6.20 Å². The number of anilines is 1. The molecular weight excluding hydrogens is 326 g/mol. The Bertz CT molecular complexity index is 523. The lowest BCUT2D eigenvalue weighted by Gasteiger charge is -2.36. The van der Waals surface area contributed by atoms with E-state index in [9.17, 15) is 4.79 Å². The minimum Gasteiger partial charge on any atom is -0.389 e. The normalized spacial score (nSPS) is 15.6. The number of hydrogen-bond acceptors (Lipinski definition) is 5. The van der Waals surface area contributed by atoms with Gasteiger partial charge in [0.15, 0.2) is 5.78 Å². The van der Waals surface area contributed by atoms with Gasteiger partial charge in [0, 0.05) is 38.3 Å². The van der Waals surface area contributed by atoms with E-state index < -0.39 is 0 Å². The molecule has 0 spiro atoms. The van der Waals surface area contributed by atoms with Crippen LogP contribution in [-0.2, 0) is 4.79 Å². The van der Waals surface area contributed by atoms with Crippen molar-refractivity contribution in [1.82, 2.24) is 9.88 Å². The van der Waals surface area contributed by atoms with Crippen molar-refractivity contribution in [3.05, 3.63) is 24.0 Å². The van der Waals surface area contributed by atoms with Crippen molar-refractivity contribution < 1.29 is 9.90 Å². The molecule has 0 bridgehead atoms. The van der Waals surface area contributed by atoms with Crippen LogP contribution in [0.15, 0.2) is 18.3 Å². The first-order valence-electron chi connectivity index (χ1n) is 10.2. The highest BCUT2D eigenvalue weighted by molar-refractivity contribution is 5.79. The van der Waals surface area contributed by atoms with E-state index in [0.717, 1.165) is 44.7 Å². The van der Waals surface area contributed by atoms with Crippen LogP contribution in [0.4, 0.5) is 5.69 Å². The molecule has 0 saturated carbocycles. The van der Waals surface area contributed by atoms with Gasteiger partial charge in [-0.3, -0.25) is 14.7 Å². The third kappa shape index (κ3) is 7.04. The van der Waals surface area contributed by atoms with E-state index in [1.165, 1.54) is 31.5 Å². The van der Waals surface area contributed by atoms with Crippen LogP contribution in [0.1, 0.15) is 64.0 Å². The first-order chi connectivity index (χ1) is 12.6. The molecular formula is C21H35N3O2. The highest BCUT2D eigenvalue weighted by Gasteiger charge is 2.17. The van der Waals surface area contributed by atoms with E-state index >= 15 is 0 Å². The Morgan fingerprint density at radius 2 is 1.77 bits per heavy atom. The van der Waals surface area contributed by atoms with E-state index in [4.69, 9.17) is 5.11 Å². The van der Waals surface area contributed by atoms with Gasteiger partial charge >= 0.3 is 0 Å². The van der Waals surface area contributed by atoms with Crippen molar-refractivity contribution in [3.8, 4) is 0 Å². The molecule has 2 heterocycles. The standard InChI is InChI=1S/C21H35N3O2/c1-18(2)21-10-9-19(16-22-21)24-14-12-23(13-15-24)11-7-5-3-4-6-8-20(26)17-25/h9-10,16,18,25H,3-8,11-15,17H2,1-2H3. The molecule has 0 aliphatic carbocycles. The highest BCUT2D eigenvalue weighted by Crippen LogP contribution is 2.19. The largest absolute Gasteiger partial charge is 0.389 e. The molecule has 146 valence electrons. The maximum absolute atomic E-state index is 11.0. The number of nitrogens with zero attached hydrogens (tertiary/aromatic N) is 3. The first kappa shape index (κ1) is 20.8. The second-order valence-corrected chi connectivity index (χ2v) is 7.64. The van der Waals surface area contributed by atoms with Crippen molar-refractivity contribution in [2.24, 2.45) is 0 Å². The van der Waals surface area contributed by atoms with Gasteiger partial charge in [0.1, 0.15) is 6.61 Å². The molecule has 2 rings (SSSR count). The Kier molecular flexibility index (Phi) is 9.06. The van der Waals surface area contributed by atoms with Crippen LogP contribution < -0.4 is 4.90 Å². The predicted molar refractivity (Wildman–Crippen MR) is 107 cm³/mol. The molecule has 5 nitrogen and oxygen atoms in total. The van der Waals surface area contributed by atoms with Crippen molar-refractivity contribution in [1.29, 1.82) is 0 Å². The van der Waals surface area contributed by atoms with Gasteiger partial charge in [0.2, 0.25) is 0 Å². The summed E-state index contributed by atoms with van der Waals surface area (Å²) in [5.74, 6) is 0.452. The van der Waals surface area contributed by atoms with E-state index in [-0.39, 0.29) is 12.4 Å². The number of ketones is 1. The Balaban J connectivity index is 1.56. The lowest BCUT2D eigenvalue weighted by atomic mass is 10.1. The van der Waals surface area contributed by atoms with Gasteiger partial charge in [-0.15, -0.1) is 0 Å². The van der Waals surface area contributed by atoms with Crippen molar-refractivity contribution in [2.75, 3.05) is 44.2 Å². The Labute approximate surface area is 158 Å². The monoisotopic (exact) mass is 361 g/mol. The number of Topliss-reactive ketones (excluding diaryl/α,β-unsaturated/α-hetero) is 1. The smallest absolute Gasteiger partial charge is 0.158 e. The molecule has 1 aromatic rings. The van der Waals surface area contributed by atoms with E-state index in [0.29, 0.717) is 12.3 Å². The van der Waals surface area contributed by atoms with Gasteiger partial charge in [-0.05, 0) is 37.4 Å². The van der Waals surface area contributed by atoms with Crippen LogP contribution in [0, 0.1) is 0 Å². The number of rotatable bonds is 11. The Morgan fingerprint density at radius 3 is 2.38 bits per heavy atom. The van der Waals surface area contributed by atoms with Crippen LogP contribution in [0.5, 0.6) is 0 Å². The second kappa shape index (κ2) is 11.3. The lowest BCUT2D eigenvalue weighted by molar-refractivity contribution is -0.121. The lowest BCUT2D eigenvalue weighted by Crippen LogP contribution is -2.46. The number of hydrogen-bond donors (Lipinski definition) is 1. The zero-order valence-electron chi connectivity index (χ0n) is 16.5. The highest BCUT2D eigenvalue weighted by atomic mass is 16.3. The molecule has 1 aliphatic heterocycles. The first-order valence-corrected chi connectivity index (χ1v) is 10.2. The average Bonchev–Trinajstić information content (AvgIpc) is 2.67. The van der Waals surface area contributed by atoms with Gasteiger partial charge in [-0.1, -0.05) is 33.1 Å². The number of unbranched alkanes of at least 4 members (excludes halogenated alkanes) is 4. The molecule has 0 radical (unpaired) electrons. The second-order valence-electron chi connectivity index (χ2n) is 7.64. The zero-order valence-corrected chi connectivity index (χ0v) is 16.5. The van der Waals surface area contributed by atoms with Crippen molar-refractivity contribution >= 4 is 11.5 Å². The molecule has 0 atom stereocenters. The molecule has 0 aromatic carbocycles. The molecule has 1 N–H and O–H groups in total. The number of carbonyl (C=O) groups is 1. The SMILES string of the molecule is CC(C)c1ccc(N2CCN(CCCCCCCC(=O)CO)CC2)cn1. The topological polar surface area (TPSA) is 56.7 Å². The van der Waals surface area contributed by atoms with E-state index in [2.05, 4.69) is 40.8 Å². The fourth-order valence-corrected chi connectivity index (χ4v) is 3.42. The van der Waals surface area contributed by atoms with Gasteiger partial charge in [-0.25, -0.2) is 0 Å². The summed E-state index contributed by atoms with van der Waals surface area (Å²) in [6.45, 7) is 9.62. The number of aromatic nitrogens is 1. The molecule has 0 amide bonds. The Morgan fingerprint density at radius 1 is 1.08 bits per heavy atom. The maximum Gasteiger partial charge on any atom is 0.158 e. The molecule has 1 fully saturated rings. The fraction of sp³-hybridized carbons (Fsp3) is 0.714. The zero-order chi connectivity index (χ0) is 18.8. The van der Waals surface area contributed by atoms with Crippen LogP contribution in [0.25, 0.3) is 0 Å². The molecule has 1 aliphatic rings. The summed E-state index contributed by atoms with van der Waals surface area (Å²) in [4.78, 5) is 20.6. The summed E-state index contributed by atoms with van der Waals surface area (Å²) in [7, 11) is 0. The van der Waals surface area contributed by atoms with Gasteiger partial charge in [0.05, 0.1) is 11.9 Å². The van der Waals surface area contributed by atoms with Crippen molar-refractivity contribution in [3.63, 3.8) is 0 Å². The van der Waals surface area contributed by atoms with E-state index in [1.54, 1.807) is 0 Å². The summed E-state index contributed by atoms with van der Waals surface area (Å²) in [5, 5.41) is 8.68. The third-order valence-corrected chi connectivity index (χ3v) is 5.21. The quantitative estimate of drug-likeness (QED) is 0.613. The number of aliphatic hydroxyl groups is 1. The summed E-state index contributed by atoms with van der Waals surface area (Å²) >= 11 is 0. The van der Waals surface area contributed by atoms with Crippen LogP contribution in [-0.4, -0.2) is 60.1 Å². The fourth-order valence-electron chi connectivity index (χ4n) is 3.42. The van der Waals surface area contributed by atoms with Gasteiger partial charge in [0.25, 0.3) is 0 Å². The average molecular weight is 362 g/mol. The van der Waals surface area contributed by atoms with Crippen LogP contribution in [0.3, 0.4) is 0 Å². The molecule has 1 saturated heterocycles. The maximum atomic E-state index is 11.0. The molecule has 5 heteroatoms. The van der Waals surface area contributed by atoms with Gasteiger partial charge < -0.3 is 10.0 Å². The minimum absolute atomic E-state index is 0.0306. The molecule has 26 heavy (non-hydrogen) atoms. The molecule has 0 unspecified atom stereocenters. The third-order valence-electron chi connectivity index (χ3n) is 5.21. The number of pyridine rings is 1. The number of carbonyl (C=O) groups excluding carboxylic acids is 1. The summed E-state index contributed by atoms with van der Waals surface area (Å²) in [6.07, 6.45) is 8.22. The van der Waals surface area contributed by atoms with Crippen molar-refractivity contribution in [2.45, 2.75) is 58.3 Å². The predicted octanol–water partition coefficient (Wildman–Crippen LogP) is 3.23. The number of piperazine rings is 1. The van der Waals surface area contributed by atoms with Crippen LogP contribution >= 0.6 is 0 Å². The molecule has 1 aromatic heterocycles.